The summed E-state index contributed by atoms with van der Waals surface area (Å²) in [4.78, 5) is 28.9. The van der Waals surface area contributed by atoms with Crippen LogP contribution in [0.5, 0.6) is 11.5 Å². The Kier molecular flexibility index (Phi) is 7.93. The highest BCUT2D eigenvalue weighted by atomic mass is 16.5. The van der Waals surface area contributed by atoms with Crippen molar-refractivity contribution in [2.24, 2.45) is 0 Å². The van der Waals surface area contributed by atoms with E-state index in [4.69, 9.17) is 9.47 Å². The summed E-state index contributed by atoms with van der Waals surface area (Å²) in [6.07, 6.45) is 1.60. The van der Waals surface area contributed by atoms with Crippen molar-refractivity contribution >= 4 is 11.8 Å². The number of carbonyl (C=O) groups is 2. The lowest BCUT2D eigenvalue weighted by Crippen LogP contribution is -2.40. The van der Waals surface area contributed by atoms with Crippen molar-refractivity contribution in [3.8, 4) is 11.5 Å². The molecule has 0 spiro atoms. The van der Waals surface area contributed by atoms with E-state index in [2.05, 4.69) is 6.92 Å². The van der Waals surface area contributed by atoms with Crippen LogP contribution in [0.2, 0.25) is 0 Å². The number of benzene rings is 2. The summed E-state index contributed by atoms with van der Waals surface area (Å²) in [6, 6.07) is 13.6. The maximum atomic E-state index is 12.7. The van der Waals surface area contributed by atoms with Gasteiger partial charge in [0, 0.05) is 26.2 Å². The molecule has 1 aliphatic heterocycles. The first-order valence-corrected chi connectivity index (χ1v) is 10.9. The van der Waals surface area contributed by atoms with Gasteiger partial charge in [-0.3, -0.25) is 9.59 Å². The van der Waals surface area contributed by atoms with Crippen LogP contribution in [0.4, 0.5) is 0 Å². The summed E-state index contributed by atoms with van der Waals surface area (Å²) in [5, 5.41) is 0. The Hall–Kier alpha value is -3.02. The molecule has 0 radical (unpaired) electrons. The first kappa shape index (κ1) is 22.7. The van der Waals surface area contributed by atoms with Gasteiger partial charge in [0.15, 0.2) is 13.2 Å². The van der Waals surface area contributed by atoms with Gasteiger partial charge >= 0.3 is 0 Å². The maximum absolute atomic E-state index is 12.7. The summed E-state index contributed by atoms with van der Waals surface area (Å²) < 4.78 is 11.5. The second-order valence-corrected chi connectivity index (χ2v) is 7.85. The molecule has 0 aromatic heterocycles. The molecule has 166 valence electrons. The van der Waals surface area contributed by atoms with Crippen molar-refractivity contribution in [2.45, 2.75) is 33.6 Å². The number of carbonyl (C=O) groups excluding carboxylic acids is 2. The molecule has 0 unspecified atom stereocenters. The molecule has 2 amide bonds. The van der Waals surface area contributed by atoms with E-state index in [0.717, 1.165) is 41.0 Å². The van der Waals surface area contributed by atoms with E-state index in [9.17, 15) is 9.59 Å². The van der Waals surface area contributed by atoms with Gasteiger partial charge < -0.3 is 19.3 Å². The Labute approximate surface area is 184 Å². The zero-order valence-electron chi connectivity index (χ0n) is 18.7. The molecule has 0 aliphatic carbocycles. The van der Waals surface area contributed by atoms with Crippen LogP contribution in [-0.4, -0.2) is 61.0 Å². The maximum Gasteiger partial charge on any atom is 0.260 e. The highest BCUT2D eigenvalue weighted by Crippen LogP contribution is 2.21. The molecule has 2 aromatic carbocycles. The first-order valence-electron chi connectivity index (χ1n) is 10.9. The fraction of sp³-hybridized carbons (Fsp3) is 0.440. The highest BCUT2D eigenvalue weighted by molar-refractivity contribution is 5.79. The lowest BCUT2D eigenvalue weighted by molar-refractivity contribution is -0.135. The van der Waals surface area contributed by atoms with Crippen molar-refractivity contribution in [1.82, 2.24) is 9.80 Å². The second-order valence-electron chi connectivity index (χ2n) is 7.85. The molecule has 6 heteroatoms. The van der Waals surface area contributed by atoms with Crippen LogP contribution < -0.4 is 9.47 Å². The van der Waals surface area contributed by atoms with E-state index >= 15 is 0 Å². The van der Waals surface area contributed by atoms with Gasteiger partial charge in [-0.25, -0.2) is 0 Å². The summed E-state index contributed by atoms with van der Waals surface area (Å²) in [7, 11) is 0. The molecule has 6 nitrogen and oxygen atoms in total. The van der Waals surface area contributed by atoms with E-state index < -0.39 is 0 Å². The van der Waals surface area contributed by atoms with Gasteiger partial charge in [0.25, 0.3) is 11.8 Å². The third-order valence-electron chi connectivity index (χ3n) is 5.81. The average Bonchev–Trinajstić information content (AvgIpc) is 3.05. The number of hydrogen-bond donors (Lipinski definition) is 0. The van der Waals surface area contributed by atoms with Crippen LogP contribution in [0.25, 0.3) is 0 Å². The Bertz CT molecular complexity index is 912. The van der Waals surface area contributed by atoms with Gasteiger partial charge in [-0.2, -0.15) is 0 Å². The number of rotatable bonds is 7. The molecule has 0 N–H and O–H groups in total. The molecule has 2 aromatic rings. The van der Waals surface area contributed by atoms with Crippen LogP contribution in [0.1, 0.15) is 30.0 Å². The summed E-state index contributed by atoms with van der Waals surface area (Å²) in [5.41, 5.74) is 3.28. The predicted octanol–water partition coefficient (Wildman–Crippen LogP) is 3.38. The van der Waals surface area contributed by atoms with E-state index in [1.165, 1.54) is 0 Å². The second kappa shape index (κ2) is 10.8. The van der Waals surface area contributed by atoms with Crippen molar-refractivity contribution in [3.05, 3.63) is 59.2 Å². The van der Waals surface area contributed by atoms with Crippen LogP contribution in [0, 0.1) is 13.8 Å². The monoisotopic (exact) mass is 424 g/mol. The number of hydrogen-bond acceptors (Lipinski definition) is 4. The zero-order chi connectivity index (χ0) is 22.2. The number of nitrogens with zero attached hydrogens (tertiary/aromatic N) is 2. The summed E-state index contributed by atoms with van der Waals surface area (Å²) in [5.74, 6) is 1.40. The first-order chi connectivity index (χ1) is 15.0. The van der Waals surface area contributed by atoms with Crippen LogP contribution in [0.3, 0.4) is 0 Å². The molecule has 1 fully saturated rings. The minimum Gasteiger partial charge on any atom is -0.483 e. The lowest BCUT2D eigenvalue weighted by atomic mass is 10.1. The number of aryl methyl sites for hydroxylation is 2. The normalized spacial score (nSPS) is 14.2. The van der Waals surface area contributed by atoms with Gasteiger partial charge in [-0.15, -0.1) is 0 Å². The van der Waals surface area contributed by atoms with Crippen molar-refractivity contribution in [3.63, 3.8) is 0 Å². The van der Waals surface area contributed by atoms with Gasteiger partial charge in [-0.05, 0) is 55.5 Å². The smallest absolute Gasteiger partial charge is 0.260 e. The van der Waals surface area contributed by atoms with Gasteiger partial charge in [0.2, 0.25) is 0 Å². The van der Waals surface area contributed by atoms with Crippen LogP contribution in [0.15, 0.2) is 42.5 Å². The van der Waals surface area contributed by atoms with E-state index in [-0.39, 0.29) is 25.0 Å². The van der Waals surface area contributed by atoms with Crippen molar-refractivity contribution in [1.29, 1.82) is 0 Å². The largest absolute Gasteiger partial charge is 0.483 e. The highest BCUT2D eigenvalue weighted by Gasteiger charge is 2.23. The molecule has 31 heavy (non-hydrogen) atoms. The number of ether oxygens (including phenoxy) is 2. The molecule has 1 heterocycles. The van der Waals surface area contributed by atoms with Crippen molar-refractivity contribution in [2.75, 3.05) is 39.4 Å². The van der Waals surface area contributed by atoms with E-state index in [1.807, 2.05) is 56.3 Å². The molecule has 1 saturated heterocycles. The topological polar surface area (TPSA) is 59.1 Å². The third-order valence-corrected chi connectivity index (χ3v) is 5.81. The van der Waals surface area contributed by atoms with Gasteiger partial charge in [-0.1, -0.05) is 37.3 Å². The molecule has 3 rings (SSSR count). The van der Waals surface area contributed by atoms with Crippen LogP contribution >= 0.6 is 0 Å². The number of amides is 2. The fourth-order valence-corrected chi connectivity index (χ4v) is 3.70. The van der Waals surface area contributed by atoms with Crippen LogP contribution in [-0.2, 0) is 16.0 Å². The molecule has 1 aliphatic rings. The Morgan fingerprint density at radius 1 is 0.806 bits per heavy atom. The minimum atomic E-state index is -0.0525. The number of para-hydroxylation sites is 1. The minimum absolute atomic E-state index is 0.00908. The summed E-state index contributed by atoms with van der Waals surface area (Å²) >= 11 is 0. The molecule has 0 atom stereocenters. The predicted molar refractivity (Wildman–Crippen MR) is 121 cm³/mol. The van der Waals surface area contributed by atoms with Crippen molar-refractivity contribution < 1.29 is 19.1 Å². The van der Waals surface area contributed by atoms with E-state index in [0.29, 0.717) is 26.2 Å². The SMILES string of the molecule is CCc1ccccc1OCC(=O)N1CCCN(C(=O)COc2cccc(C)c2C)CC1. The molecule has 0 bridgehead atoms. The van der Waals surface area contributed by atoms with Gasteiger partial charge in [0.05, 0.1) is 0 Å². The summed E-state index contributed by atoms with van der Waals surface area (Å²) in [6.45, 7) is 8.36. The molecular weight excluding hydrogens is 392 g/mol. The van der Waals surface area contributed by atoms with E-state index in [1.54, 1.807) is 9.80 Å². The standard InChI is InChI=1S/C25H32N2O4/c1-4-21-10-5-6-11-23(21)31-18-25(29)27-14-8-13-26(15-16-27)24(28)17-30-22-12-7-9-19(2)20(22)3/h5-7,9-12H,4,8,13-18H2,1-3H3. The quantitative estimate of drug-likeness (QED) is 0.684. The third kappa shape index (κ3) is 6.00. The Morgan fingerprint density at radius 3 is 2.03 bits per heavy atom. The average molecular weight is 425 g/mol. The fourth-order valence-electron chi connectivity index (χ4n) is 3.70. The Balaban J connectivity index is 1.48. The van der Waals surface area contributed by atoms with Gasteiger partial charge in [0.1, 0.15) is 11.5 Å². The molecular formula is C25H32N2O4. The Morgan fingerprint density at radius 2 is 1.39 bits per heavy atom. The lowest BCUT2D eigenvalue weighted by Gasteiger charge is -2.23. The molecule has 0 saturated carbocycles. The zero-order valence-corrected chi connectivity index (χ0v) is 18.7.